The number of anilines is 2. The minimum Gasteiger partial charge on any atom is -0.352 e. The summed E-state index contributed by atoms with van der Waals surface area (Å²) in [6.45, 7) is 3.44. The molecule has 106 valence electrons. The summed E-state index contributed by atoms with van der Waals surface area (Å²) in [6, 6.07) is 5.64. The van der Waals surface area contributed by atoms with Crippen LogP contribution in [-0.4, -0.2) is 61.4 Å². The largest absolute Gasteiger partial charge is 0.352 e. The molecule has 0 bridgehead atoms. The van der Waals surface area contributed by atoms with Crippen molar-refractivity contribution in [2.45, 2.75) is 0 Å². The Balaban J connectivity index is 1.49. The molecule has 21 heavy (non-hydrogen) atoms. The Labute approximate surface area is 120 Å². The maximum Gasteiger partial charge on any atom is 0.225 e. The van der Waals surface area contributed by atoms with Gasteiger partial charge in [-0.15, -0.1) is 14.8 Å². The Kier molecular flexibility index (Phi) is 2.80. The molecule has 0 N–H and O–H groups in total. The van der Waals surface area contributed by atoms with E-state index in [1.165, 1.54) is 4.63 Å². The summed E-state index contributed by atoms with van der Waals surface area (Å²) in [5, 5.41) is 15.7. The molecule has 0 spiro atoms. The summed E-state index contributed by atoms with van der Waals surface area (Å²) < 4.78 is 1.45. The van der Waals surface area contributed by atoms with Crippen LogP contribution in [0.5, 0.6) is 0 Å². The van der Waals surface area contributed by atoms with Crippen LogP contribution in [0.15, 0.2) is 30.6 Å². The van der Waals surface area contributed by atoms with E-state index in [1.54, 1.807) is 12.4 Å². The number of fused-ring (bicyclic) bond motifs is 1. The lowest BCUT2D eigenvalue weighted by atomic mass is 10.3. The zero-order valence-corrected chi connectivity index (χ0v) is 11.2. The van der Waals surface area contributed by atoms with Crippen LogP contribution in [0.2, 0.25) is 0 Å². The molecule has 1 aliphatic rings. The summed E-state index contributed by atoms with van der Waals surface area (Å²) in [4.78, 5) is 12.9. The van der Waals surface area contributed by atoms with Crippen LogP contribution < -0.4 is 9.80 Å². The zero-order valence-electron chi connectivity index (χ0n) is 11.2. The summed E-state index contributed by atoms with van der Waals surface area (Å²) in [6.07, 6.45) is 3.53. The van der Waals surface area contributed by atoms with Gasteiger partial charge in [0.2, 0.25) is 5.95 Å². The van der Waals surface area contributed by atoms with Crippen molar-refractivity contribution < 1.29 is 0 Å². The molecule has 9 nitrogen and oxygen atoms in total. The van der Waals surface area contributed by atoms with Gasteiger partial charge in [0.05, 0.1) is 0 Å². The highest BCUT2D eigenvalue weighted by Crippen LogP contribution is 2.15. The van der Waals surface area contributed by atoms with Crippen molar-refractivity contribution >= 4 is 17.4 Å². The van der Waals surface area contributed by atoms with E-state index in [4.69, 9.17) is 0 Å². The van der Waals surface area contributed by atoms with E-state index in [1.807, 2.05) is 18.2 Å². The highest BCUT2D eigenvalue weighted by atomic mass is 15.6. The molecule has 4 rings (SSSR count). The lowest BCUT2D eigenvalue weighted by Crippen LogP contribution is -2.47. The van der Waals surface area contributed by atoms with E-state index in [2.05, 4.69) is 40.4 Å². The average Bonchev–Trinajstić information content (AvgIpc) is 3.03. The topological polar surface area (TPSA) is 88.2 Å². The third kappa shape index (κ3) is 2.22. The molecular formula is C12H13N9. The van der Waals surface area contributed by atoms with Crippen molar-refractivity contribution in [1.29, 1.82) is 0 Å². The molecule has 4 heterocycles. The molecule has 0 atom stereocenters. The van der Waals surface area contributed by atoms with Gasteiger partial charge in [-0.1, -0.05) is 0 Å². The number of tetrazole rings is 1. The quantitative estimate of drug-likeness (QED) is 0.630. The molecule has 0 amide bonds. The minimum atomic E-state index is 0.648. The third-order valence-corrected chi connectivity index (χ3v) is 3.49. The van der Waals surface area contributed by atoms with Crippen molar-refractivity contribution in [3.8, 4) is 0 Å². The highest BCUT2D eigenvalue weighted by molar-refractivity contribution is 5.46. The molecule has 3 aromatic rings. The molecule has 3 aromatic heterocycles. The number of piperazine rings is 1. The van der Waals surface area contributed by atoms with Gasteiger partial charge in [-0.3, -0.25) is 0 Å². The molecule has 0 aromatic carbocycles. The normalized spacial score (nSPS) is 15.6. The maximum atomic E-state index is 4.41. The van der Waals surface area contributed by atoms with Crippen LogP contribution in [0.1, 0.15) is 0 Å². The molecule has 9 heteroatoms. The summed E-state index contributed by atoms with van der Waals surface area (Å²) >= 11 is 0. The van der Waals surface area contributed by atoms with E-state index in [0.717, 1.165) is 37.9 Å². The Morgan fingerprint density at radius 2 is 1.67 bits per heavy atom. The SMILES string of the molecule is c1cnc(N2CCN(c3ccc4nnnn4n3)CC2)nc1. The van der Waals surface area contributed by atoms with Crippen molar-refractivity contribution in [3.63, 3.8) is 0 Å². The van der Waals surface area contributed by atoms with Gasteiger partial charge in [0, 0.05) is 38.6 Å². The van der Waals surface area contributed by atoms with Gasteiger partial charge >= 0.3 is 0 Å². The van der Waals surface area contributed by atoms with Crippen LogP contribution in [0.3, 0.4) is 0 Å². The van der Waals surface area contributed by atoms with Crippen molar-refractivity contribution in [2.24, 2.45) is 0 Å². The maximum absolute atomic E-state index is 4.41. The first-order valence-corrected chi connectivity index (χ1v) is 6.72. The Morgan fingerprint density at radius 1 is 0.905 bits per heavy atom. The first-order chi connectivity index (χ1) is 10.4. The summed E-state index contributed by atoms with van der Waals surface area (Å²) in [7, 11) is 0. The average molecular weight is 283 g/mol. The second-order valence-electron chi connectivity index (χ2n) is 4.74. The standard InChI is InChI=1S/C12H13N9/c1-4-13-12(14-5-1)20-8-6-19(7-9-20)11-3-2-10-15-17-18-21(10)16-11/h1-5H,6-9H2. The van der Waals surface area contributed by atoms with E-state index in [9.17, 15) is 0 Å². The fourth-order valence-corrected chi connectivity index (χ4v) is 2.40. The number of hydrogen-bond acceptors (Lipinski definition) is 8. The van der Waals surface area contributed by atoms with Crippen molar-refractivity contribution in [3.05, 3.63) is 30.6 Å². The summed E-state index contributed by atoms with van der Waals surface area (Å²) in [5.74, 6) is 1.66. The molecule has 0 unspecified atom stereocenters. The Hall–Kier alpha value is -2.84. The first kappa shape index (κ1) is 11.9. The van der Waals surface area contributed by atoms with Gasteiger partial charge in [0.25, 0.3) is 0 Å². The number of aromatic nitrogens is 7. The number of nitrogens with zero attached hydrogens (tertiary/aromatic N) is 9. The van der Waals surface area contributed by atoms with Crippen LogP contribution in [0.25, 0.3) is 5.65 Å². The van der Waals surface area contributed by atoms with E-state index in [-0.39, 0.29) is 0 Å². The van der Waals surface area contributed by atoms with Crippen LogP contribution >= 0.6 is 0 Å². The molecule has 0 aliphatic carbocycles. The van der Waals surface area contributed by atoms with Crippen LogP contribution in [0, 0.1) is 0 Å². The summed E-state index contributed by atoms with van der Waals surface area (Å²) in [5.41, 5.74) is 0.648. The van der Waals surface area contributed by atoms with Crippen molar-refractivity contribution in [1.82, 2.24) is 35.2 Å². The fourth-order valence-electron chi connectivity index (χ4n) is 2.40. The third-order valence-electron chi connectivity index (χ3n) is 3.49. The van der Waals surface area contributed by atoms with E-state index in [0.29, 0.717) is 5.65 Å². The Bertz CT molecular complexity index is 733. The van der Waals surface area contributed by atoms with E-state index < -0.39 is 0 Å². The van der Waals surface area contributed by atoms with Gasteiger partial charge in [-0.25, -0.2) is 9.97 Å². The second-order valence-corrected chi connectivity index (χ2v) is 4.74. The van der Waals surface area contributed by atoms with Gasteiger partial charge in [0.15, 0.2) is 11.5 Å². The minimum absolute atomic E-state index is 0.648. The number of rotatable bonds is 2. The van der Waals surface area contributed by atoms with Crippen LogP contribution in [0.4, 0.5) is 11.8 Å². The lowest BCUT2D eigenvalue weighted by Gasteiger charge is -2.35. The molecule has 1 fully saturated rings. The van der Waals surface area contributed by atoms with Gasteiger partial charge in [-0.05, 0) is 28.6 Å². The van der Waals surface area contributed by atoms with Crippen LogP contribution in [-0.2, 0) is 0 Å². The molecular weight excluding hydrogens is 270 g/mol. The smallest absolute Gasteiger partial charge is 0.225 e. The second kappa shape index (κ2) is 4.93. The first-order valence-electron chi connectivity index (χ1n) is 6.72. The molecule has 1 saturated heterocycles. The predicted octanol–water partition coefficient (Wildman–Crippen LogP) is -0.364. The highest BCUT2D eigenvalue weighted by Gasteiger charge is 2.20. The monoisotopic (exact) mass is 283 g/mol. The predicted molar refractivity (Wildman–Crippen MR) is 75.0 cm³/mol. The van der Waals surface area contributed by atoms with Gasteiger partial charge < -0.3 is 9.80 Å². The van der Waals surface area contributed by atoms with Gasteiger partial charge in [-0.2, -0.15) is 0 Å². The van der Waals surface area contributed by atoms with Gasteiger partial charge in [0.1, 0.15) is 0 Å². The lowest BCUT2D eigenvalue weighted by molar-refractivity contribution is 0.622. The molecule has 0 radical (unpaired) electrons. The zero-order chi connectivity index (χ0) is 14.1. The molecule has 1 aliphatic heterocycles. The number of hydrogen-bond donors (Lipinski definition) is 0. The van der Waals surface area contributed by atoms with E-state index >= 15 is 0 Å². The fraction of sp³-hybridized carbons (Fsp3) is 0.333. The van der Waals surface area contributed by atoms with Crippen molar-refractivity contribution in [2.75, 3.05) is 36.0 Å². The molecule has 0 saturated carbocycles. The Morgan fingerprint density at radius 3 is 2.48 bits per heavy atom.